The van der Waals surface area contributed by atoms with E-state index in [4.69, 9.17) is 9.26 Å². The summed E-state index contributed by atoms with van der Waals surface area (Å²) in [7, 11) is 1.60. The van der Waals surface area contributed by atoms with Gasteiger partial charge in [0, 0.05) is 6.42 Å². The number of aromatic nitrogens is 3. The van der Waals surface area contributed by atoms with Crippen molar-refractivity contribution in [3.05, 3.63) is 24.2 Å². The molecule has 0 bridgehead atoms. The van der Waals surface area contributed by atoms with Gasteiger partial charge in [-0.25, -0.2) is 4.98 Å². The highest BCUT2D eigenvalue weighted by Gasteiger charge is 2.08. The van der Waals surface area contributed by atoms with Crippen LogP contribution in [-0.2, 0) is 6.42 Å². The lowest BCUT2D eigenvalue weighted by molar-refractivity contribution is 0.411. The lowest BCUT2D eigenvalue weighted by atomic mass is 10.3. The highest BCUT2D eigenvalue weighted by molar-refractivity contribution is 5.47. The number of pyridine rings is 1. The summed E-state index contributed by atoms with van der Waals surface area (Å²) in [5, 5.41) is 3.80. The molecule has 2 aromatic rings. The van der Waals surface area contributed by atoms with Crippen LogP contribution in [0, 0.1) is 0 Å². The Morgan fingerprint density at radius 2 is 2.27 bits per heavy atom. The van der Waals surface area contributed by atoms with Crippen molar-refractivity contribution in [2.75, 3.05) is 7.11 Å². The summed E-state index contributed by atoms with van der Waals surface area (Å²) in [4.78, 5) is 8.32. The Kier molecular flexibility index (Phi) is 2.62. The number of ether oxygens (including phenoxy) is 1. The molecule has 0 aliphatic heterocycles. The molecule has 0 atom stereocenters. The van der Waals surface area contributed by atoms with E-state index >= 15 is 0 Å². The standard InChI is InChI=1S/C10H11N3O2/c1-3-9-12-10(15-13-9)8-5-4-7(14-2)6-11-8/h4-6H,3H2,1-2H3. The lowest BCUT2D eigenvalue weighted by Crippen LogP contribution is -1.87. The molecule has 78 valence electrons. The normalized spacial score (nSPS) is 10.3. The van der Waals surface area contributed by atoms with E-state index in [1.165, 1.54) is 0 Å². The first-order valence-electron chi connectivity index (χ1n) is 4.66. The van der Waals surface area contributed by atoms with Crippen molar-refractivity contribution in [1.82, 2.24) is 15.1 Å². The van der Waals surface area contributed by atoms with E-state index in [1.54, 1.807) is 25.4 Å². The molecule has 0 radical (unpaired) electrons. The molecule has 0 aliphatic carbocycles. The zero-order valence-electron chi connectivity index (χ0n) is 8.60. The molecular weight excluding hydrogens is 194 g/mol. The van der Waals surface area contributed by atoms with Crippen molar-refractivity contribution in [2.24, 2.45) is 0 Å². The van der Waals surface area contributed by atoms with E-state index in [-0.39, 0.29) is 0 Å². The predicted molar refractivity (Wildman–Crippen MR) is 53.5 cm³/mol. The van der Waals surface area contributed by atoms with Gasteiger partial charge < -0.3 is 9.26 Å². The van der Waals surface area contributed by atoms with Gasteiger partial charge in [-0.1, -0.05) is 12.1 Å². The van der Waals surface area contributed by atoms with Crippen molar-refractivity contribution < 1.29 is 9.26 Å². The monoisotopic (exact) mass is 205 g/mol. The summed E-state index contributed by atoms with van der Waals surface area (Å²) in [6.07, 6.45) is 2.37. The molecule has 5 nitrogen and oxygen atoms in total. The first-order valence-corrected chi connectivity index (χ1v) is 4.66. The number of aryl methyl sites for hydroxylation is 1. The van der Waals surface area contributed by atoms with Gasteiger partial charge in [0.05, 0.1) is 13.3 Å². The number of hydrogen-bond acceptors (Lipinski definition) is 5. The maximum absolute atomic E-state index is 5.05. The van der Waals surface area contributed by atoms with Gasteiger partial charge in [0.1, 0.15) is 11.4 Å². The Hall–Kier alpha value is -1.91. The van der Waals surface area contributed by atoms with Crippen LogP contribution >= 0.6 is 0 Å². The van der Waals surface area contributed by atoms with Gasteiger partial charge in [-0.15, -0.1) is 0 Å². The van der Waals surface area contributed by atoms with E-state index in [0.29, 0.717) is 23.2 Å². The van der Waals surface area contributed by atoms with Crippen molar-refractivity contribution in [3.63, 3.8) is 0 Å². The third-order valence-electron chi connectivity index (χ3n) is 1.98. The van der Waals surface area contributed by atoms with E-state index in [0.717, 1.165) is 6.42 Å². The van der Waals surface area contributed by atoms with Crippen LogP contribution in [0.4, 0.5) is 0 Å². The summed E-state index contributed by atoms with van der Waals surface area (Å²) in [5.74, 6) is 1.83. The van der Waals surface area contributed by atoms with E-state index in [1.807, 2.05) is 6.92 Å². The van der Waals surface area contributed by atoms with Crippen LogP contribution < -0.4 is 4.74 Å². The van der Waals surface area contributed by atoms with Gasteiger partial charge in [0.25, 0.3) is 5.89 Å². The average Bonchev–Trinajstić information content (AvgIpc) is 2.78. The fourth-order valence-electron chi connectivity index (χ4n) is 1.13. The summed E-state index contributed by atoms with van der Waals surface area (Å²) in [6, 6.07) is 3.59. The molecule has 0 spiro atoms. The van der Waals surface area contributed by atoms with Gasteiger partial charge in [-0.3, -0.25) is 0 Å². The molecule has 0 aromatic carbocycles. The Balaban J connectivity index is 2.28. The van der Waals surface area contributed by atoms with Crippen LogP contribution in [0.1, 0.15) is 12.7 Å². The number of methoxy groups -OCH3 is 1. The molecule has 2 aromatic heterocycles. The Morgan fingerprint density at radius 3 is 2.80 bits per heavy atom. The van der Waals surface area contributed by atoms with Gasteiger partial charge in [0.2, 0.25) is 0 Å². The molecule has 2 rings (SSSR count). The van der Waals surface area contributed by atoms with Crippen molar-refractivity contribution >= 4 is 0 Å². The van der Waals surface area contributed by atoms with Crippen LogP contribution in [-0.4, -0.2) is 22.2 Å². The van der Waals surface area contributed by atoms with E-state index in [2.05, 4.69) is 15.1 Å². The number of rotatable bonds is 3. The molecule has 0 saturated carbocycles. The van der Waals surface area contributed by atoms with Crippen molar-refractivity contribution in [3.8, 4) is 17.3 Å². The predicted octanol–water partition coefficient (Wildman–Crippen LogP) is 1.70. The van der Waals surface area contributed by atoms with Gasteiger partial charge >= 0.3 is 0 Å². The molecule has 0 saturated heterocycles. The molecule has 5 heteroatoms. The van der Waals surface area contributed by atoms with E-state index in [9.17, 15) is 0 Å². The minimum atomic E-state index is 0.439. The van der Waals surface area contributed by atoms with Crippen molar-refractivity contribution in [2.45, 2.75) is 13.3 Å². The Labute approximate surface area is 87.1 Å². The van der Waals surface area contributed by atoms with Crippen LogP contribution in [0.25, 0.3) is 11.6 Å². The molecule has 2 heterocycles. The summed E-state index contributed by atoms with van der Waals surface area (Å²) < 4.78 is 10.1. The minimum absolute atomic E-state index is 0.439. The fraction of sp³-hybridized carbons (Fsp3) is 0.300. The average molecular weight is 205 g/mol. The van der Waals surface area contributed by atoms with Gasteiger partial charge in [0.15, 0.2) is 5.82 Å². The third-order valence-corrected chi connectivity index (χ3v) is 1.98. The zero-order chi connectivity index (χ0) is 10.7. The number of nitrogens with zero attached hydrogens (tertiary/aromatic N) is 3. The quantitative estimate of drug-likeness (QED) is 0.763. The number of hydrogen-bond donors (Lipinski definition) is 0. The summed E-state index contributed by atoms with van der Waals surface area (Å²) in [6.45, 7) is 1.97. The first-order chi connectivity index (χ1) is 7.33. The highest BCUT2D eigenvalue weighted by Crippen LogP contribution is 2.17. The second-order valence-electron chi connectivity index (χ2n) is 2.95. The summed E-state index contributed by atoms with van der Waals surface area (Å²) in [5.41, 5.74) is 0.656. The lowest BCUT2D eigenvalue weighted by Gasteiger charge is -1.97. The second-order valence-corrected chi connectivity index (χ2v) is 2.95. The third kappa shape index (κ3) is 1.96. The minimum Gasteiger partial charge on any atom is -0.495 e. The molecular formula is C10H11N3O2. The van der Waals surface area contributed by atoms with Crippen LogP contribution in [0.3, 0.4) is 0 Å². The highest BCUT2D eigenvalue weighted by atomic mass is 16.5. The SMILES string of the molecule is CCc1noc(-c2ccc(OC)cn2)n1. The smallest absolute Gasteiger partial charge is 0.276 e. The van der Waals surface area contributed by atoms with E-state index < -0.39 is 0 Å². The largest absolute Gasteiger partial charge is 0.495 e. The van der Waals surface area contributed by atoms with Crippen LogP contribution in [0.5, 0.6) is 5.75 Å². The first kappa shape index (κ1) is 9.64. The molecule has 0 unspecified atom stereocenters. The Bertz CT molecular complexity index is 436. The zero-order valence-corrected chi connectivity index (χ0v) is 8.60. The summed E-state index contributed by atoms with van der Waals surface area (Å²) >= 11 is 0. The second kappa shape index (κ2) is 4.08. The van der Waals surface area contributed by atoms with Gasteiger partial charge in [-0.05, 0) is 12.1 Å². The molecule has 15 heavy (non-hydrogen) atoms. The molecule has 0 fully saturated rings. The maximum Gasteiger partial charge on any atom is 0.276 e. The molecule has 0 aliphatic rings. The topological polar surface area (TPSA) is 61.0 Å². The maximum atomic E-state index is 5.05. The Morgan fingerprint density at radius 1 is 1.40 bits per heavy atom. The van der Waals surface area contributed by atoms with Crippen LogP contribution in [0.2, 0.25) is 0 Å². The fourth-order valence-corrected chi connectivity index (χ4v) is 1.13. The van der Waals surface area contributed by atoms with Crippen molar-refractivity contribution in [1.29, 1.82) is 0 Å². The van der Waals surface area contributed by atoms with Gasteiger partial charge in [-0.2, -0.15) is 4.98 Å². The van der Waals surface area contributed by atoms with Crippen LogP contribution in [0.15, 0.2) is 22.9 Å². The molecule has 0 N–H and O–H groups in total. The molecule has 0 amide bonds.